The largest absolute Gasteiger partial charge is 0.394 e. The molecule has 0 bridgehead atoms. The summed E-state index contributed by atoms with van der Waals surface area (Å²) in [6.07, 6.45) is 75.0. The number of carbonyl (C=O) groups excluding carboxylic acids is 1. The second kappa shape index (κ2) is 56.2. The molecule has 0 radical (unpaired) electrons. The van der Waals surface area contributed by atoms with Crippen LogP contribution in [0.3, 0.4) is 0 Å². The lowest BCUT2D eigenvalue weighted by atomic mass is 10.0. The number of hydrogen-bond acceptors (Lipinski definition) is 3. The molecule has 3 N–H and O–H groups in total. The van der Waals surface area contributed by atoms with Crippen molar-refractivity contribution in [3.05, 3.63) is 24.3 Å². The first kappa shape index (κ1) is 62.9. The smallest absolute Gasteiger partial charge is 0.220 e. The lowest BCUT2D eigenvalue weighted by Crippen LogP contribution is -2.45. The normalized spacial score (nSPS) is 12.9. The van der Waals surface area contributed by atoms with Gasteiger partial charge in [0.2, 0.25) is 5.91 Å². The van der Waals surface area contributed by atoms with E-state index in [0.29, 0.717) is 6.42 Å². The molecule has 0 heterocycles. The highest BCUT2D eigenvalue weighted by Crippen LogP contribution is 2.18. The van der Waals surface area contributed by atoms with Crippen LogP contribution >= 0.6 is 0 Å². The lowest BCUT2D eigenvalue weighted by Gasteiger charge is -2.19. The van der Waals surface area contributed by atoms with E-state index in [2.05, 4.69) is 31.3 Å². The number of amides is 1. The molecule has 4 nitrogen and oxygen atoms in total. The summed E-state index contributed by atoms with van der Waals surface area (Å²) in [5.41, 5.74) is 0. The predicted octanol–water partition coefficient (Wildman–Crippen LogP) is 19.5. The number of hydrogen-bond donors (Lipinski definition) is 3. The third-order valence-corrected chi connectivity index (χ3v) is 13.9. The Morgan fingerprint density at radius 2 is 0.609 bits per heavy atom. The Morgan fingerprint density at radius 3 is 0.906 bits per heavy atom. The third-order valence-electron chi connectivity index (χ3n) is 13.9. The molecular formula is C60H117NO3. The average molecular weight is 901 g/mol. The van der Waals surface area contributed by atoms with Gasteiger partial charge in [-0.2, -0.15) is 0 Å². The maximum absolute atomic E-state index is 12.5. The van der Waals surface area contributed by atoms with E-state index < -0.39 is 12.1 Å². The topological polar surface area (TPSA) is 69.6 Å². The minimum Gasteiger partial charge on any atom is -0.394 e. The van der Waals surface area contributed by atoms with Crippen LogP contribution in [0.4, 0.5) is 0 Å². The van der Waals surface area contributed by atoms with Gasteiger partial charge >= 0.3 is 0 Å². The molecule has 0 saturated carbocycles. The van der Waals surface area contributed by atoms with Crippen molar-refractivity contribution >= 4 is 5.91 Å². The van der Waals surface area contributed by atoms with Crippen LogP contribution in [0.2, 0.25) is 0 Å². The molecule has 4 heteroatoms. The van der Waals surface area contributed by atoms with E-state index in [1.807, 2.05) is 6.08 Å². The molecule has 64 heavy (non-hydrogen) atoms. The van der Waals surface area contributed by atoms with Gasteiger partial charge in [0.25, 0.3) is 0 Å². The number of nitrogens with one attached hydrogen (secondary N) is 1. The van der Waals surface area contributed by atoms with Crippen molar-refractivity contribution in [2.75, 3.05) is 6.61 Å². The molecule has 0 aliphatic heterocycles. The summed E-state index contributed by atoms with van der Waals surface area (Å²) >= 11 is 0. The first-order valence-corrected chi connectivity index (χ1v) is 29.6. The minimum absolute atomic E-state index is 0.0662. The summed E-state index contributed by atoms with van der Waals surface area (Å²) in [5.74, 6) is -0.0662. The second-order valence-corrected chi connectivity index (χ2v) is 20.4. The predicted molar refractivity (Wildman–Crippen MR) is 286 cm³/mol. The molecule has 0 aliphatic rings. The molecule has 0 spiro atoms. The highest BCUT2D eigenvalue weighted by molar-refractivity contribution is 5.76. The van der Waals surface area contributed by atoms with Crippen LogP contribution < -0.4 is 5.32 Å². The van der Waals surface area contributed by atoms with Gasteiger partial charge in [-0.3, -0.25) is 4.79 Å². The lowest BCUT2D eigenvalue weighted by molar-refractivity contribution is -0.123. The van der Waals surface area contributed by atoms with Gasteiger partial charge < -0.3 is 15.5 Å². The molecule has 0 aromatic rings. The van der Waals surface area contributed by atoms with Crippen LogP contribution in [0.5, 0.6) is 0 Å². The van der Waals surface area contributed by atoms with Gasteiger partial charge in [0, 0.05) is 6.42 Å². The Bertz CT molecular complexity index is 932. The summed E-state index contributed by atoms with van der Waals surface area (Å²) in [7, 11) is 0. The summed E-state index contributed by atoms with van der Waals surface area (Å²) in [5, 5.41) is 23.2. The molecule has 1 amide bonds. The van der Waals surface area contributed by atoms with Crippen molar-refractivity contribution in [3.63, 3.8) is 0 Å². The van der Waals surface area contributed by atoms with Gasteiger partial charge in [-0.1, -0.05) is 321 Å². The van der Waals surface area contributed by atoms with Crippen LogP contribution in [-0.2, 0) is 4.79 Å². The molecule has 0 fully saturated rings. The highest BCUT2D eigenvalue weighted by Gasteiger charge is 2.18. The number of carbonyl (C=O) groups is 1. The molecule has 2 unspecified atom stereocenters. The number of allylic oxidation sites excluding steroid dienone is 3. The van der Waals surface area contributed by atoms with Crippen LogP contribution in [0.15, 0.2) is 24.3 Å². The van der Waals surface area contributed by atoms with E-state index in [-0.39, 0.29) is 12.5 Å². The number of rotatable bonds is 55. The summed E-state index contributed by atoms with van der Waals surface area (Å²) in [6, 6.07) is -0.636. The van der Waals surface area contributed by atoms with Crippen molar-refractivity contribution in [3.8, 4) is 0 Å². The molecule has 0 aromatic heterocycles. The zero-order chi connectivity index (χ0) is 46.3. The fourth-order valence-electron chi connectivity index (χ4n) is 9.43. The number of unbranched alkanes of at least 4 members (excludes halogenated alkanes) is 46. The summed E-state index contributed by atoms with van der Waals surface area (Å²) in [4.78, 5) is 12.5. The standard InChI is InChI=1S/C60H117NO3/c1-3-5-7-9-11-13-15-17-19-21-23-25-27-28-29-30-31-32-34-35-37-39-41-43-45-47-49-51-53-55-59(63)58(57-62)61-60(64)56-54-52-50-48-46-44-42-40-38-36-33-26-24-22-20-18-16-14-12-10-8-6-4-2/h45,47,53,55,58-59,62-63H,3-44,46,48-52,54,56-57H2,1-2H3,(H,61,64)/b47-45+,55-53+. The van der Waals surface area contributed by atoms with Crippen molar-refractivity contribution in [2.45, 2.75) is 347 Å². The van der Waals surface area contributed by atoms with Gasteiger partial charge in [0.15, 0.2) is 0 Å². The molecule has 2 atom stereocenters. The van der Waals surface area contributed by atoms with Crippen LogP contribution in [0.1, 0.15) is 335 Å². The van der Waals surface area contributed by atoms with E-state index in [1.165, 1.54) is 283 Å². The monoisotopic (exact) mass is 900 g/mol. The Balaban J connectivity index is 3.48. The Labute approximate surface area is 402 Å². The molecule has 0 aliphatic carbocycles. The molecule has 0 saturated heterocycles. The average Bonchev–Trinajstić information content (AvgIpc) is 3.30. The minimum atomic E-state index is -0.860. The number of aliphatic hydroxyl groups excluding tert-OH is 2. The highest BCUT2D eigenvalue weighted by atomic mass is 16.3. The Hall–Kier alpha value is -1.13. The van der Waals surface area contributed by atoms with Crippen LogP contribution in [0, 0.1) is 0 Å². The second-order valence-electron chi connectivity index (χ2n) is 20.4. The van der Waals surface area contributed by atoms with Gasteiger partial charge in [-0.25, -0.2) is 0 Å². The zero-order valence-electron chi connectivity index (χ0n) is 43.8. The quantitative estimate of drug-likeness (QED) is 0.0421. The van der Waals surface area contributed by atoms with Crippen LogP contribution in [-0.4, -0.2) is 34.9 Å². The molecule has 380 valence electrons. The van der Waals surface area contributed by atoms with Crippen molar-refractivity contribution < 1.29 is 15.0 Å². The van der Waals surface area contributed by atoms with Crippen molar-refractivity contribution in [1.29, 1.82) is 0 Å². The zero-order valence-corrected chi connectivity index (χ0v) is 43.8. The van der Waals surface area contributed by atoms with Crippen LogP contribution in [0.25, 0.3) is 0 Å². The van der Waals surface area contributed by atoms with E-state index in [4.69, 9.17) is 0 Å². The first-order chi connectivity index (χ1) is 31.7. The maximum Gasteiger partial charge on any atom is 0.220 e. The van der Waals surface area contributed by atoms with Gasteiger partial charge in [0.05, 0.1) is 18.8 Å². The number of aliphatic hydroxyl groups is 2. The van der Waals surface area contributed by atoms with Gasteiger partial charge in [-0.05, 0) is 32.1 Å². The Morgan fingerprint density at radius 1 is 0.359 bits per heavy atom. The first-order valence-electron chi connectivity index (χ1n) is 29.6. The summed E-state index contributed by atoms with van der Waals surface area (Å²) < 4.78 is 0. The molecule has 0 rings (SSSR count). The fourth-order valence-corrected chi connectivity index (χ4v) is 9.43. The Kier molecular flexibility index (Phi) is 55.2. The van der Waals surface area contributed by atoms with Crippen molar-refractivity contribution in [2.24, 2.45) is 0 Å². The van der Waals surface area contributed by atoms with E-state index in [9.17, 15) is 15.0 Å². The van der Waals surface area contributed by atoms with Gasteiger partial charge in [0.1, 0.15) is 0 Å². The van der Waals surface area contributed by atoms with Gasteiger partial charge in [-0.15, -0.1) is 0 Å². The van der Waals surface area contributed by atoms with E-state index >= 15 is 0 Å². The fraction of sp³-hybridized carbons (Fsp3) is 0.917. The maximum atomic E-state index is 12.5. The SMILES string of the molecule is CCCCCCCCCCCCCCCCCCCCCCCCC/C=C/CC/C=C/C(O)C(CO)NC(=O)CCCCCCCCCCCCCCCCCCCCCCCCC. The summed E-state index contributed by atoms with van der Waals surface area (Å²) in [6.45, 7) is 4.34. The third kappa shape index (κ3) is 51.8. The van der Waals surface area contributed by atoms with E-state index in [1.54, 1.807) is 6.08 Å². The van der Waals surface area contributed by atoms with E-state index in [0.717, 1.165) is 32.1 Å². The molecular weight excluding hydrogens is 783 g/mol. The molecule has 0 aromatic carbocycles. The van der Waals surface area contributed by atoms with Crippen molar-refractivity contribution in [1.82, 2.24) is 5.32 Å².